The first-order valence-corrected chi connectivity index (χ1v) is 9.28. The average molecular weight is 421 g/mol. The highest BCUT2D eigenvalue weighted by molar-refractivity contribution is 5.92. The third kappa shape index (κ3) is 9.15. The Morgan fingerprint density at radius 2 is 1.67 bits per heavy atom. The highest BCUT2D eigenvalue weighted by Crippen LogP contribution is 2.04. The van der Waals surface area contributed by atoms with Crippen LogP contribution >= 0.6 is 0 Å². The average Bonchev–Trinajstić information content (AvgIpc) is 2.70. The Labute approximate surface area is 173 Å². The molecule has 0 bridgehead atoms. The number of rotatable bonds is 12. The van der Waals surface area contributed by atoms with Crippen molar-refractivity contribution in [1.29, 1.82) is 0 Å². The normalized spacial score (nSPS) is 13.4. The molecule has 11 nitrogen and oxygen atoms in total. The van der Waals surface area contributed by atoms with Gasteiger partial charge in [-0.3, -0.25) is 19.2 Å². The van der Waals surface area contributed by atoms with Crippen molar-refractivity contribution in [2.75, 3.05) is 6.54 Å². The van der Waals surface area contributed by atoms with E-state index in [4.69, 9.17) is 11.5 Å². The second-order valence-corrected chi connectivity index (χ2v) is 6.71. The van der Waals surface area contributed by atoms with Crippen LogP contribution in [0.4, 0.5) is 0 Å². The standard InChI is InChI=1S/C19H27N5O6/c1-11(23-16(26)10-22-18(28)13(20)7-8-15(21)25)17(27)24-14(19(29)30)9-12-5-3-2-4-6-12/h2-6,11,13-14H,7-10,20H2,1H3,(H2,21,25)(H,22,28)(H,23,26)(H,24,27)(H,29,30). The summed E-state index contributed by atoms with van der Waals surface area (Å²) >= 11 is 0. The summed E-state index contributed by atoms with van der Waals surface area (Å²) < 4.78 is 0. The van der Waals surface area contributed by atoms with E-state index in [2.05, 4.69) is 16.0 Å². The molecule has 0 saturated heterocycles. The molecule has 1 aromatic rings. The molecule has 0 saturated carbocycles. The summed E-state index contributed by atoms with van der Waals surface area (Å²) in [7, 11) is 0. The molecule has 0 aromatic heterocycles. The van der Waals surface area contributed by atoms with Crippen molar-refractivity contribution in [3.8, 4) is 0 Å². The maximum atomic E-state index is 12.2. The van der Waals surface area contributed by atoms with Gasteiger partial charge in [0.2, 0.25) is 23.6 Å². The van der Waals surface area contributed by atoms with Crippen molar-refractivity contribution < 1.29 is 29.1 Å². The maximum Gasteiger partial charge on any atom is 0.326 e. The minimum atomic E-state index is -1.21. The Balaban J connectivity index is 2.47. The van der Waals surface area contributed by atoms with Gasteiger partial charge in [0.1, 0.15) is 12.1 Å². The van der Waals surface area contributed by atoms with Crippen LogP contribution in [0.15, 0.2) is 30.3 Å². The lowest BCUT2D eigenvalue weighted by Crippen LogP contribution is -2.53. The van der Waals surface area contributed by atoms with E-state index >= 15 is 0 Å². The summed E-state index contributed by atoms with van der Waals surface area (Å²) in [4.78, 5) is 58.0. The molecular weight excluding hydrogens is 394 g/mol. The van der Waals surface area contributed by atoms with Crippen LogP contribution in [-0.2, 0) is 30.4 Å². The molecule has 11 heteroatoms. The van der Waals surface area contributed by atoms with Crippen LogP contribution in [0.5, 0.6) is 0 Å². The highest BCUT2D eigenvalue weighted by Gasteiger charge is 2.24. The zero-order valence-electron chi connectivity index (χ0n) is 16.6. The third-order valence-corrected chi connectivity index (χ3v) is 4.13. The topological polar surface area (TPSA) is 194 Å². The van der Waals surface area contributed by atoms with Crippen molar-refractivity contribution in [1.82, 2.24) is 16.0 Å². The van der Waals surface area contributed by atoms with Crippen molar-refractivity contribution in [2.45, 2.75) is 44.3 Å². The number of primary amides is 1. The van der Waals surface area contributed by atoms with Crippen LogP contribution < -0.4 is 27.4 Å². The summed E-state index contributed by atoms with van der Waals surface area (Å²) in [6.07, 6.45) is 0.0626. The number of aliphatic carboxylic acids is 1. The molecule has 0 heterocycles. The van der Waals surface area contributed by atoms with E-state index in [0.717, 1.165) is 5.56 Å². The number of carboxylic acids is 1. The van der Waals surface area contributed by atoms with Gasteiger partial charge in [-0.2, -0.15) is 0 Å². The van der Waals surface area contributed by atoms with Crippen molar-refractivity contribution in [3.63, 3.8) is 0 Å². The molecule has 3 atom stereocenters. The third-order valence-electron chi connectivity index (χ3n) is 4.13. The fourth-order valence-electron chi connectivity index (χ4n) is 2.43. The van der Waals surface area contributed by atoms with Gasteiger partial charge in [0.05, 0.1) is 12.6 Å². The first kappa shape index (κ1) is 24.6. The minimum absolute atomic E-state index is 0.0413. The molecule has 30 heavy (non-hydrogen) atoms. The molecule has 0 aliphatic heterocycles. The van der Waals surface area contributed by atoms with Crippen molar-refractivity contribution in [3.05, 3.63) is 35.9 Å². The van der Waals surface area contributed by atoms with Gasteiger partial charge in [0, 0.05) is 12.8 Å². The summed E-state index contributed by atoms with van der Waals surface area (Å²) in [6.45, 7) is 0.947. The van der Waals surface area contributed by atoms with Gasteiger partial charge in [-0.1, -0.05) is 30.3 Å². The van der Waals surface area contributed by atoms with Crippen LogP contribution in [0.1, 0.15) is 25.3 Å². The van der Waals surface area contributed by atoms with E-state index in [9.17, 15) is 29.1 Å². The molecule has 164 valence electrons. The molecule has 1 aromatic carbocycles. The molecular formula is C19H27N5O6. The molecule has 0 radical (unpaired) electrons. The van der Waals surface area contributed by atoms with Crippen LogP contribution in [-0.4, -0.2) is 59.4 Å². The lowest BCUT2D eigenvalue weighted by atomic mass is 10.1. The summed E-state index contributed by atoms with van der Waals surface area (Å²) in [6, 6.07) is 5.59. The predicted molar refractivity (Wildman–Crippen MR) is 107 cm³/mol. The van der Waals surface area contributed by atoms with Gasteiger partial charge < -0.3 is 32.5 Å². The Bertz CT molecular complexity index is 770. The van der Waals surface area contributed by atoms with Crippen LogP contribution in [0.2, 0.25) is 0 Å². The highest BCUT2D eigenvalue weighted by atomic mass is 16.4. The van der Waals surface area contributed by atoms with Crippen molar-refractivity contribution >= 4 is 29.6 Å². The van der Waals surface area contributed by atoms with Gasteiger partial charge in [0.15, 0.2) is 0 Å². The zero-order valence-corrected chi connectivity index (χ0v) is 16.6. The number of amides is 4. The molecule has 4 amide bonds. The SMILES string of the molecule is CC(NC(=O)CNC(=O)C(N)CCC(N)=O)C(=O)NC(Cc1ccccc1)C(=O)O. The van der Waals surface area contributed by atoms with Gasteiger partial charge >= 0.3 is 5.97 Å². The zero-order chi connectivity index (χ0) is 22.7. The van der Waals surface area contributed by atoms with Gasteiger partial charge in [0.25, 0.3) is 0 Å². The number of nitrogens with one attached hydrogen (secondary N) is 3. The summed E-state index contributed by atoms with van der Waals surface area (Å²) in [5.74, 6) is -3.79. The Hall–Kier alpha value is -3.47. The van der Waals surface area contributed by atoms with Crippen LogP contribution in [0.25, 0.3) is 0 Å². The molecule has 0 spiro atoms. The van der Waals surface area contributed by atoms with E-state index in [1.54, 1.807) is 30.3 Å². The molecule has 1 rings (SSSR count). The Kier molecular flexibility index (Phi) is 9.97. The molecule has 8 N–H and O–H groups in total. The number of carboxylic acid groups (broad SMARTS) is 1. The van der Waals surface area contributed by atoms with E-state index in [1.807, 2.05) is 0 Å². The monoisotopic (exact) mass is 421 g/mol. The quantitative estimate of drug-likeness (QED) is 0.225. The Morgan fingerprint density at radius 3 is 2.23 bits per heavy atom. The smallest absolute Gasteiger partial charge is 0.326 e. The minimum Gasteiger partial charge on any atom is -0.480 e. The van der Waals surface area contributed by atoms with Gasteiger partial charge in [-0.15, -0.1) is 0 Å². The molecule has 0 fully saturated rings. The second-order valence-electron chi connectivity index (χ2n) is 6.71. The fraction of sp³-hybridized carbons (Fsp3) is 0.421. The molecule has 0 aliphatic rings. The van der Waals surface area contributed by atoms with Crippen molar-refractivity contribution in [2.24, 2.45) is 11.5 Å². The Morgan fingerprint density at radius 1 is 1.03 bits per heavy atom. The summed E-state index contributed by atoms with van der Waals surface area (Å²) in [5, 5.41) is 16.4. The largest absolute Gasteiger partial charge is 0.480 e. The lowest BCUT2D eigenvalue weighted by molar-refractivity contribution is -0.142. The van der Waals surface area contributed by atoms with Crippen LogP contribution in [0, 0.1) is 0 Å². The fourth-order valence-corrected chi connectivity index (χ4v) is 2.43. The van der Waals surface area contributed by atoms with E-state index in [1.165, 1.54) is 6.92 Å². The van der Waals surface area contributed by atoms with Gasteiger partial charge in [-0.25, -0.2) is 4.79 Å². The number of hydrogen-bond donors (Lipinski definition) is 6. The summed E-state index contributed by atoms with van der Waals surface area (Å²) in [5.41, 5.74) is 11.3. The first-order chi connectivity index (χ1) is 14.1. The number of benzene rings is 1. The van der Waals surface area contributed by atoms with Gasteiger partial charge in [-0.05, 0) is 18.9 Å². The maximum absolute atomic E-state index is 12.2. The predicted octanol–water partition coefficient (Wildman–Crippen LogP) is -1.99. The second kappa shape index (κ2) is 12.2. The molecule has 0 aliphatic carbocycles. The van der Waals surface area contributed by atoms with E-state index in [-0.39, 0.29) is 19.3 Å². The van der Waals surface area contributed by atoms with E-state index in [0.29, 0.717) is 0 Å². The number of hydrogen-bond acceptors (Lipinski definition) is 6. The molecule has 3 unspecified atom stereocenters. The van der Waals surface area contributed by atoms with E-state index < -0.39 is 54.3 Å². The number of nitrogens with two attached hydrogens (primary N) is 2. The number of carbonyl (C=O) groups excluding carboxylic acids is 4. The first-order valence-electron chi connectivity index (χ1n) is 9.28. The number of carbonyl (C=O) groups is 5. The lowest BCUT2D eigenvalue weighted by Gasteiger charge is -2.19. The van der Waals surface area contributed by atoms with Crippen LogP contribution in [0.3, 0.4) is 0 Å².